The van der Waals surface area contributed by atoms with E-state index in [0.29, 0.717) is 26.3 Å². The molecule has 0 bridgehead atoms. The fraction of sp³-hybridized carbons (Fsp3) is 0.625. The molecule has 1 aromatic rings. The lowest BCUT2D eigenvalue weighted by Crippen LogP contribution is -3.15. The second kappa shape index (κ2) is 7.72. The van der Waals surface area contributed by atoms with Crippen LogP contribution in [0.5, 0.6) is 0 Å². The van der Waals surface area contributed by atoms with Crippen LogP contribution >= 0.6 is 0 Å². The van der Waals surface area contributed by atoms with Crippen molar-refractivity contribution in [2.45, 2.75) is 0 Å². The Hall–Kier alpha value is -1.70. The molecule has 1 aromatic heterocycles. The molecular formula is C16H26N4O3+2. The van der Waals surface area contributed by atoms with E-state index in [2.05, 4.69) is 9.88 Å². The molecule has 0 unspecified atom stereocenters. The van der Waals surface area contributed by atoms with Crippen LogP contribution in [0.1, 0.15) is 10.4 Å². The molecule has 126 valence electrons. The molecule has 0 aromatic carbocycles. The maximum Gasteiger partial charge on any atom is 0.287 e. The van der Waals surface area contributed by atoms with Crippen LogP contribution in [0.25, 0.3) is 0 Å². The molecule has 3 N–H and O–H groups in total. The largest absolute Gasteiger partial charge is 0.391 e. The van der Waals surface area contributed by atoms with Crippen LogP contribution in [0.2, 0.25) is 0 Å². The van der Waals surface area contributed by atoms with Crippen molar-refractivity contribution in [1.29, 1.82) is 0 Å². The normalized spacial score (nSPS) is 19.9. The number of nitrogens with one attached hydrogen (secondary N) is 2. The van der Waals surface area contributed by atoms with Gasteiger partial charge in [-0.2, -0.15) is 0 Å². The first-order valence-electron chi connectivity index (χ1n) is 8.36. The monoisotopic (exact) mass is 322 g/mol. The number of anilines is 1. The zero-order valence-electron chi connectivity index (χ0n) is 13.5. The number of ether oxygens (including phenoxy) is 1. The molecule has 2 aliphatic rings. The second-order valence-electron chi connectivity index (χ2n) is 6.05. The van der Waals surface area contributed by atoms with Gasteiger partial charge in [0.25, 0.3) is 11.7 Å². The number of aromatic nitrogens is 1. The smallest absolute Gasteiger partial charge is 0.287 e. The number of hydrogen-bond donors (Lipinski definition) is 2. The Balaban J connectivity index is 1.72. The number of piperazine rings is 1. The Morgan fingerprint density at radius 1 is 1.26 bits per heavy atom. The standard InChI is InChI=1S/C16H24N4O3/c21-11-8-18-4-6-19(7-5-18)15-14(2-1-3-17-15)16(22)20-9-12-23-13-10-20/h1-3,21H,4-13H2/p+2. The Bertz CT molecular complexity index is 526. The number of aliphatic hydroxyl groups is 1. The van der Waals surface area contributed by atoms with E-state index in [1.807, 2.05) is 23.2 Å². The molecule has 2 fully saturated rings. The number of hydrogen-bond acceptors (Lipinski definition) is 4. The first kappa shape index (κ1) is 16.2. The maximum atomic E-state index is 12.8. The van der Waals surface area contributed by atoms with E-state index >= 15 is 0 Å². The summed E-state index contributed by atoms with van der Waals surface area (Å²) >= 11 is 0. The van der Waals surface area contributed by atoms with E-state index in [1.165, 1.54) is 4.90 Å². The molecule has 0 radical (unpaired) electrons. The maximum absolute atomic E-state index is 12.8. The van der Waals surface area contributed by atoms with Gasteiger partial charge < -0.3 is 19.6 Å². The zero-order chi connectivity index (χ0) is 16.1. The number of aromatic amines is 1. The van der Waals surface area contributed by atoms with Gasteiger partial charge in [0.05, 0.1) is 26.0 Å². The number of quaternary nitrogens is 1. The molecule has 23 heavy (non-hydrogen) atoms. The number of aliphatic hydroxyl groups excluding tert-OH is 1. The van der Waals surface area contributed by atoms with Crippen LogP contribution in [0, 0.1) is 0 Å². The molecule has 3 rings (SSSR count). The quantitative estimate of drug-likeness (QED) is 0.652. The van der Waals surface area contributed by atoms with Crippen LogP contribution in [0.3, 0.4) is 0 Å². The number of rotatable bonds is 4. The van der Waals surface area contributed by atoms with Gasteiger partial charge in [0.15, 0.2) is 0 Å². The predicted octanol–water partition coefficient (Wildman–Crippen LogP) is -2.33. The lowest BCUT2D eigenvalue weighted by Gasteiger charge is -2.30. The molecule has 7 heteroatoms. The third-order valence-corrected chi connectivity index (χ3v) is 4.62. The molecule has 0 saturated carbocycles. The third-order valence-electron chi connectivity index (χ3n) is 4.62. The highest BCUT2D eigenvalue weighted by molar-refractivity contribution is 5.98. The Morgan fingerprint density at radius 2 is 2.00 bits per heavy atom. The lowest BCUT2D eigenvalue weighted by molar-refractivity contribution is -0.901. The molecular weight excluding hydrogens is 296 g/mol. The number of morpholine rings is 1. The van der Waals surface area contributed by atoms with Crippen LogP contribution in [-0.2, 0) is 4.74 Å². The van der Waals surface area contributed by atoms with Crippen molar-refractivity contribution in [1.82, 2.24) is 4.90 Å². The number of amides is 1. The van der Waals surface area contributed by atoms with Crippen LogP contribution in [0.15, 0.2) is 18.3 Å². The van der Waals surface area contributed by atoms with Crippen LogP contribution in [0.4, 0.5) is 5.82 Å². The molecule has 0 atom stereocenters. The van der Waals surface area contributed by atoms with Crippen molar-refractivity contribution in [3.05, 3.63) is 23.9 Å². The van der Waals surface area contributed by atoms with E-state index in [9.17, 15) is 4.79 Å². The van der Waals surface area contributed by atoms with Gasteiger partial charge in [-0.3, -0.25) is 4.79 Å². The molecule has 2 aliphatic heterocycles. The fourth-order valence-electron chi connectivity index (χ4n) is 3.25. The summed E-state index contributed by atoms with van der Waals surface area (Å²) < 4.78 is 5.33. The van der Waals surface area contributed by atoms with Gasteiger partial charge in [-0.05, 0) is 12.1 Å². The average Bonchev–Trinajstić information content (AvgIpc) is 2.63. The summed E-state index contributed by atoms with van der Waals surface area (Å²) in [6.07, 6.45) is 1.87. The number of nitrogens with zero attached hydrogens (tertiary/aromatic N) is 2. The highest BCUT2D eigenvalue weighted by atomic mass is 16.5. The summed E-state index contributed by atoms with van der Waals surface area (Å²) in [4.78, 5) is 21.6. The average molecular weight is 322 g/mol. The van der Waals surface area contributed by atoms with E-state index < -0.39 is 0 Å². The first-order valence-corrected chi connectivity index (χ1v) is 8.36. The van der Waals surface area contributed by atoms with Crippen molar-refractivity contribution in [2.24, 2.45) is 0 Å². The summed E-state index contributed by atoms with van der Waals surface area (Å²) in [6.45, 7) is 7.30. The van der Waals surface area contributed by atoms with Crippen molar-refractivity contribution in [2.75, 3.05) is 70.5 Å². The summed E-state index contributed by atoms with van der Waals surface area (Å²) in [5.41, 5.74) is 0.736. The fourth-order valence-corrected chi connectivity index (χ4v) is 3.25. The number of carbonyl (C=O) groups excluding carboxylic acids is 1. The van der Waals surface area contributed by atoms with Gasteiger partial charge in [0.2, 0.25) is 0 Å². The molecule has 0 spiro atoms. The van der Waals surface area contributed by atoms with Crippen molar-refractivity contribution in [3.8, 4) is 0 Å². The molecule has 1 amide bonds. The van der Waals surface area contributed by atoms with E-state index in [4.69, 9.17) is 9.84 Å². The highest BCUT2D eigenvalue weighted by Gasteiger charge is 2.31. The SMILES string of the molecule is O=C(c1ccc[nH+]c1N1CC[NH+](CCO)CC1)N1CCOCC1. The van der Waals surface area contributed by atoms with Gasteiger partial charge in [0, 0.05) is 13.1 Å². The number of carbonyl (C=O) groups is 1. The highest BCUT2D eigenvalue weighted by Crippen LogP contribution is 2.17. The van der Waals surface area contributed by atoms with Crippen LogP contribution < -0.4 is 14.8 Å². The summed E-state index contributed by atoms with van der Waals surface area (Å²) in [7, 11) is 0. The minimum absolute atomic E-state index is 0.0743. The van der Waals surface area contributed by atoms with Crippen molar-refractivity contribution >= 4 is 11.7 Å². The predicted molar refractivity (Wildman–Crippen MR) is 84.6 cm³/mol. The molecule has 3 heterocycles. The molecule has 7 nitrogen and oxygen atoms in total. The number of H-pyrrole nitrogens is 1. The minimum Gasteiger partial charge on any atom is -0.391 e. The van der Waals surface area contributed by atoms with Gasteiger partial charge in [-0.25, -0.2) is 9.88 Å². The summed E-state index contributed by atoms with van der Waals surface area (Å²) in [5.74, 6) is 0.984. The van der Waals surface area contributed by atoms with Gasteiger partial charge in [-0.15, -0.1) is 0 Å². The van der Waals surface area contributed by atoms with Gasteiger partial charge in [0.1, 0.15) is 38.3 Å². The van der Waals surface area contributed by atoms with E-state index in [1.54, 1.807) is 0 Å². The van der Waals surface area contributed by atoms with Crippen molar-refractivity contribution < 1.29 is 24.5 Å². The lowest BCUT2D eigenvalue weighted by atomic mass is 10.2. The summed E-state index contributed by atoms with van der Waals surface area (Å²) in [5, 5.41) is 9.06. The molecule has 0 aliphatic carbocycles. The van der Waals surface area contributed by atoms with Crippen molar-refractivity contribution in [3.63, 3.8) is 0 Å². The Morgan fingerprint density at radius 3 is 2.70 bits per heavy atom. The Kier molecular flexibility index (Phi) is 5.43. The molecule has 2 saturated heterocycles. The zero-order valence-corrected chi connectivity index (χ0v) is 13.5. The minimum atomic E-state index is 0.0743. The van der Waals surface area contributed by atoms with Crippen LogP contribution in [-0.4, -0.2) is 81.5 Å². The van der Waals surface area contributed by atoms with Gasteiger partial charge in [-0.1, -0.05) is 0 Å². The van der Waals surface area contributed by atoms with Gasteiger partial charge >= 0.3 is 0 Å². The Labute approximate surface area is 136 Å². The van der Waals surface area contributed by atoms with E-state index in [-0.39, 0.29) is 12.5 Å². The van der Waals surface area contributed by atoms with E-state index in [0.717, 1.165) is 44.1 Å². The second-order valence-corrected chi connectivity index (χ2v) is 6.05. The first-order chi connectivity index (χ1) is 11.3. The summed E-state index contributed by atoms with van der Waals surface area (Å²) in [6, 6.07) is 3.78. The number of pyridine rings is 1. The third kappa shape index (κ3) is 3.80. The topological polar surface area (TPSA) is 71.6 Å².